The van der Waals surface area contributed by atoms with Crippen LogP contribution in [-0.4, -0.2) is 35.8 Å². The summed E-state index contributed by atoms with van der Waals surface area (Å²) in [5.41, 5.74) is 2.29. The van der Waals surface area contributed by atoms with Gasteiger partial charge < -0.3 is 5.32 Å². The molecule has 1 fully saturated rings. The van der Waals surface area contributed by atoms with Gasteiger partial charge in [-0.25, -0.2) is 13.4 Å². The first-order valence-corrected chi connectivity index (χ1v) is 11.1. The lowest BCUT2D eigenvalue weighted by Crippen LogP contribution is -2.35. The largest absolute Gasteiger partial charge is 0.365 e. The highest BCUT2D eigenvalue weighted by Gasteiger charge is 2.26. The lowest BCUT2D eigenvalue weighted by Gasteiger charge is -2.25. The first-order valence-electron chi connectivity index (χ1n) is 9.28. The maximum Gasteiger partial charge on any atom is 0.243 e. The third-order valence-corrected chi connectivity index (χ3v) is 7.00. The van der Waals surface area contributed by atoms with Crippen molar-refractivity contribution in [3.63, 3.8) is 0 Å². The summed E-state index contributed by atoms with van der Waals surface area (Å²) in [5, 5.41) is 3.92. The van der Waals surface area contributed by atoms with E-state index in [2.05, 4.69) is 15.3 Å². The van der Waals surface area contributed by atoms with Crippen LogP contribution in [0, 0.1) is 0 Å². The van der Waals surface area contributed by atoms with Gasteiger partial charge in [0.2, 0.25) is 10.0 Å². The third-order valence-electron chi connectivity index (χ3n) is 4.85. The van der Waals surface area contributed by atoms with Crippen LogP contribution in [0.25, 0.3) is 11.0 Å². The number of halogens is 1. The fourth-order valence-electron chi connectivity index (χ4n) is 3.29. The van der Waals surface area contributed by atoms with Crippen molar-refractivity contribution in [2.75, 3.05) is 18.4 Å². The fraction of sp³-hybridized carbons (Fsp3) is 0.300. The Labute approximate surface area is 169 Å². The van der Waals surface area contributed by atoms with E-state index in [-0.39, 0.29) is 4.90 Å². The van der Waals surface area contributed by atoms with Gasteiger partial charge in [0.1, 0.15) is 5.82 Å². The zero-order valence-electron chi connectivity index (χ0n) is 15.3. The number of hydrogen-bond acceptors (Lipinski definition) is 5. The number of aromatic nitrogens is 2. The smallest absolute Gasteiger partial charge is 0.243 e. The van der Waals surface area contributed by atoms with E-state index in [1.807, 2.05) is 24.3 Å². The number of hydrogen-bond donors (Lipinski definition) is 1. The molecule has 0 bridgehead atoms. The van der Waals surface area contributed by atoms with Crippen molar-refractivity contribution >= 4 is 38.5 Å². The molecular weight excluding hydrogens is 396 g/mol. The average Bonchev–Trinajstić information content (AvgIpc) is 2.73. The van der Waals surface area contributed by atoms with Crippen molar-refractivity contribution in [3.05, 3.63) is 59.2 Å². The number of fused-ring (bicyclic) bond motifs is 1. The number of nitrogens with zero attached hydrogens (tertiary/aromatic N) is 3. The molecule has 28 heavy (non-hydrogen) atoms. The summed E-state index contributed by atoms with van der Waals surface area (Å²) in [6.07, 6.45) is 4.53. The highest BCUT2D eigenvalue weighted by Crippen LogP contribution is 2.23. The van der Waals surface area contributed by atoms with Gasteiger partial charge in [-0.1, -0.05) is 30.2 Å². The van der Waals surface area contributed by atoms with E-state index in [0.29, 0.717) is 41.5 Å². The minimum atomic E-state index is -3.47. The molecule has 0 radical (unpaired) electrons. The topological polar surface area (TPSA) is 75.2 Å². The molecule has 6 nitrogen and oxygen atoms in total. The summed E-state index contributed by atoms with van der Waals surface area (Å²) in [7, 11) is -3.47. The van der Waals surface area contributed by atoms with Gasteiger partial charge in [0.05, 0.1) is 22.1 Å². The molecule has 4 rings (SSSR count). The number of rotatable bonds is 5. The predicted octanol–water partition coefficient (Wildman–Crippen LogP) is 4.07. The maximum absolute atomic E-state index is 12.8. The van der Waals surface area contributed by atoms with Crippen LogP contribution in [0.3, 0.4) is 0 Å². The Morgan fingerprint density at radius 3 is 2.50 bits per heavy atom. The Morgan fingerprint density at radius 1 is 1.00 bits per heavy atom. The number of anilines is 1. The van der Waals surface area contributed by atoms with Crippen LogP contribution < -0.4 is 5.32 Å². The van der Waals surface area contributed by atoms with Crippen molar-refractivity contribution in [2.45, 2.75) is 30.7 Å². The van der Waals surface area contributed by atoms with Gasteiger partial charge in [-0.05, 0) is 48.7 Å². The molecule has 1 aliphatic rings. The van der Waals surface area contributed by atoms with Gasteiger partial charge in [-0.2, -0.15) is 4.31 Å². The number of nitrogens with one attached hydrogen (secondary N) is 1. The summed E-state index contributed by atoms with van der Waals surface area (Å²) in [6, 6.07) is 12.5. The molecule has 3 aromatic rings. The van der Waals surface area contributed by atoms with Crippen LogP contribution in [0.5, 0.6) is 0 Å². The zero-order chi connectivity index (χ0) is 19.6. The van der Waals surface area contributed by atoms with E-state index in [1.54, 1.807) is 28.7 Å². The second kappa shape index (κ2) is 8.03. The van der Waals surface area contributed by atoms with Crippen molar-refractivity contribution < 1.29 is 8.42 Å². The van der Waals surface area contributed by atoms with Crippen LogP contribution >= 0.6 is 11.6 Å². The molecule has 0 amide bonds. The molecule has 2 heterocycles. The van der Waals surface area contributed by atoms with E-state index >= 15 is 0 Å². The van der Waals surface area contributed by atoms with E-state index < -0.39 is 10.0 Å². The quantitative estimate of drug-likeness (QED) is 0.678. The summed E-state index contributed by atoms with van der Waals surface area (Å²) in [6.45, 7) is 1.76. The number of piperidine rings is 1. The van der Waals surface area contributed by atoms with Gasteiger partial charge in [-0.3, -0.25) is 4.98 Å². The summed E-state index contributed by atoms with van der Waals surface area (Å²) < 4.78 is 27.2. The van der Waals surface area contributed by atoms with Crippen molar-refractivity contribution in [2.24, 2.45) is 0 Å². The van der Waals surface area contributed by atoms with Crippen LogP contribution in [0.4, 0.5) is 5.82 Å². The van der Waals surface area contributed by atoms with Crippen molar-refractivity contribution in [1.29, 1.82) is 0 Å². The Morgan fingerprint density at radius 2 is 1.75 bits per heavy atom. The lowest BCUT2D eigenvalue weighted by molar-refractivity contribution is 0.346. The number of benzene rings is 2. The third kappa shape index (κ3) is 4.11. The first kappa shape index (κ1) is 19.1. The zero-order valence-corrected chi connectivity index (χ0v) is 16.9. The summed E-state index contributed by atoms with van der Waals surface area (Å²) >= 11 is 5.90. The average molecular weight is 417 g/mol. The minimum absolute atomic E-state index is 0.276. The molecular formula is C20H21ClN4O2S. The van der Waals surface area contributed by atoms with Gasteiger partial charge >= 0.3 is 0 Å². The normalized spacial score (nSPS) is 15.6. The molecule has 146 valence electrons. The standard InChI is InChI=1S/C20H21ClN4O2S/c21-16-6-4-15(5-7-16)13-23-20-14-22-19-12-17(8-9-18(19)24-20)28(26,27)25-10-2-1-3-11-25/h4-9,12,14H,1-3,10-11,13H2,(H,23,24). The van der Waals surface area contributed by atoms with Crippen LogP contribution in [0.2, 0.25) is 5.02 Å². The van der Waals surface area contributed by atoms with E-state index in [9.17, 15) is 8.42 Å². The van der Waals surface area contributed by atoms with E-state index in [0.717, 1.165) is 24.8 Å². The molecule has 1 N–H and O–H groups in total. The molecule has 1 aliphatic heterocycles. The molecule has 8 heteroatoms. The summed E-state index contributed by atoms with van der Waals surface area (Å²) in [5.74, 6) is 0.633. The first-order chi connectivity index (χ1) is 13.5. The molecule has 1 saturated heterocycles. The van der Waals surface area contributed by atoms with E-state index in [4.69, 9.17) is 11.6 Å². The molecule has 1 aromatic heterocycles. The summed E-state index contributed by atoms with van der Waals surface area (Å²) in [4.78, 5) is 9.21. The van der Waals surface area contributed by atoms with Gasteiger partial charge in [0, 0.05) is 24.7 Å². The lowest BCUT2D eigenvalue weighted by atomic mass is 10.2. The molecule has 2 aromatic carbocycles. The van der Waals surface area contributed by atoms with Crippen LogP contribution in [0.15, 0.2) is 53.6 Å². The second-order valence-corrected chi connectivity index (χ2v) is 9.22. The highest BCUT2D eigenvalue weighted by atomic mass is 35.5. The second-order valence-electron chi connectivity index (χ2n) is 6.85. The van der Waals surface area contributed by atoms with Crippen molar-refractivity contribution in [3.8, 4) is 0 Å². The SMILES string of the molecule is O=S(=O)(c1ccc2nc(NCc3ccc(Cl)cc3)cnc2c1)N1CCCCC1. The molecule has 0 unspecified atom stereocenters. The Hall–Kier alpha value is -2.22. The van der Waals surface area contributed by atoms with Crippen LogP contribution in [0.1, 0.15) is 24.8 Å². The highest BCUT2D eigenvalue weighted by molar-refractivity contribution is 7.89. The Balaban J connectivity index is 1.53. The fourth-order valence-corrected chi connectivity index (χ4v) is 4.95. The molecule has 0 atom stereocenters. The van der Waals surface area contributed by atoms with E-state index in [1.165, 1.54) is 0 Å². The minimum Gasteiger partial charge on any atom is -0.365 e. The monoisotopic (exact) mass is 416 g/mol. The molecule has 0 saturated carbocycles. The van der Waals surface area contributed by atoms with Crippen molar-refractivity contribution in [1.82, 2.24) is 14.3 Å². The van der Waals surface area contributed by atoms with Crippen LogP contribution in [-0.2, 0) is 16.6 Å². The van der Waals surface area contributed by atoms with Gasteiger partial charge in [0.25, 0.3) is 0 Å². The molecule has 0 aliphatic carbocycles. The van der Waals surface area contributed by atoms with Gasteiger partial charge in [0.15, 0.2) is 0 Å². The number of sulfonamides is 1. The molecule has 0 spiro atoms. The maximum atomic E-state index is 12.8. The Kier molecular flexibility index (Phi) is 5.48. The predicted molar refractivity (Wildman–Crippen MR) is 111 cm³/mol. The van der Waals surface area contributed by atoms with Gasteiger partial charge in [-0.15, -0.1) is 0 Å². The Bertz CT molecular complexity index is 1080.